The Kier molecular flexibility index (Phi) is 7.91. The second-order valence-electron chi connectivity index (χ2n) is 8.62. The van der Waals surface area contributed by atoms with E-state index in [1.807, 2.05) is 22.6 Å². The Labute approximate surface area is 223 Å². The molecule has 0 atom stereocenters. The highest BCUT2D eigenvalue weighted by Gasteiger charge is 2.37. The smallest absolute Gasteiger partial charge is 0.235 e. The van der Waals surface area contributed by atoms with Crippen molar-refractivity contribution in [2.24, 2.45) is 0 Å². The molecule has 3 aromatic carbocycles. The zero-order valence-corrected chi connectivity index (χ0v) is 23.1. The summed E-state index contributed by atoms with van der Waals surface area (Å²) >= 11 is 1.98. The number of hydrogen-bond donors (Lipinski definition) is 1. The minimum absolute atomic E-state index is 0.0203. The molecule has 36 heavy (non-hydrogen) atoms. The maximum Gasteiger partial charge on any atom is 0.235 e. The van der Waals surface area contributed by atoms with Gasteiger partial charge in [-0.25, -0.2) is 25.6 Å². The second kappa shape index (κ2) is 10.6. The van der Waals surface area contributed by atoms with Crippen LogP contribution in [0.2, 0.25) is 0 Å². The van der Waals surface area contributed by atoms with Gasteiger partial charge in [-0.2, -0.15) is 0 Å². The molecule has 0 heterocycles. The van der Waals surface area contributed by atoms with E-state index < -0.39 is 36.7 Å². The molecule has 0 spiro atoms. The molecular formula is C25H24F2INO5S2. The highest BCUT2D eigenvalue weighted by atomic mass is 127. The zero-order chi connectivity index (χ0) is 26.1. The molecule has 1 fully saturated rings. The maximum atomic E-state index is 14.7. The van der Waals surface area contributed by atoms with Gasteiger partial charge in [0, 0.05) is 21.8 Å². The number of sulfone groups is 1. The average molecular weight is 648 g/mol. The van der Waals surface area contributed by atoms with Gasteiger partial charge in [0.2, 0.25) is 10.0 Å². The van der Waals surface area contributed by atoms with Crippen molar-refractivity contribution in [2.75, 3.05) is 10.5 Å². The van der Waals surface area contributed by atoms with Crippen molar-refractivity contribution in [1.82, 2.24) is 0 Å². The topological polar surface area (TPSA) is 89.5 Å². The van der Waals surface area contributed by atoms with Crippen LogP contribution < -0.4 is 9.46 Å². The molecular weight excluding hydrogens is 623 g/mol. The van der Waals surface area contributed by atoms with Crippen LogP contribution in [0.15, 0.2) is 54.6 Å². The number of sulfonamides is 1. The quantitative estimate of drug-likeness (QED) is 0.282. The first-order chi connectivity index (χ1) is 17.0. The lowest BCUT2D eigenvalue weighted by atomic mass is 10.0. The maximum absolute atomic E-state index is 14.7. The van der Waals surface area contributed by atoms with Gasteiger partial charge in [0.15, 0.2) is 15.6 Å². The van der Waals surface area contributed by atoms with Crippen LogP contribution in [0.5, 0.6) is 11.5 Å². The third-order valence-electron chi connectivity index (χ3n) is 5.70. The van der Waals surface area contributed by atoms with Crippen molar-refractivity contribution < 1.29 is 30.4 Å². The summed E-state index contributed by atoms with van der Waals surface area (Å²) in [7, 11) is -7.06. The average Bonchev–Trinajstić information content (AvgIpc) is 3.64. The lowest BCUT2D eigenvalue weighted by Gasteiger charge is -2.18. The summed E-state index contributed by atoms with van der Waals surface area (Å²) in [5.41, 5.74) is 0.976. The Morgan fingerprint density at radius 3 is 2.42 bits per heavy atom. The van der Waals surface area contributed by atoms with E-state index in [9.17, 15) is 25.6 Å². The summed E-state index contributed by atoms with van der Waals surface area (Å²) in [5, 5.41) is -0.555. The van der Waals surface area contributed by atoms with Crippen LogP contribution in [0.1, 0.15) is 36.5 Å². The fraction of sp³-hybridized carbons (Fsp3) is 0.280. The van der Waals surface area contributed by atoms with Crippen molar-refractivity contribution in [3.05, 3.63) is 86.5 Å². The number of benzene rings is 3. The van der Waals surface area contributed by atoms with Crippen LogP contribution >= 0.6 is 22.6 Å². The summed E-state index contributed by atoms with van der Waals surface area (Å²) in [6.07, 6.45) is 0.956. The molecule has 0 aliphatic heterocycles. The Balaban J connectivity index is 1.75. The molecule has 0 radical (unpaired) electrons. The van der Waals surface area contributed by atoms with Crippen molar-refractivity contribution in [2.45, 2.75) is 37.2 Å². The van der Waals surface area contributed by atoms with Gasteiger partial charge < -0.3 is 4.74 Å². The van der Waals surface area contributed by atoms with Crippen LogP contribution in [0.3, 0.4) is 0 Å². The molecule has 0 amide bonds. The van der Waals surface area contributed by atoms with E-state index in [0.717, 1.165) is 12.1 Å². The largest absolute Gasteiger partial charge is 0.455 e. The molecule has 3 aromatic rings. The first kappa shape index (κ1) is 26.8. The monoisotopic (exact) mass is 647 g/mol. The van der Waals surface area contributed by atoms with E-state index in [-0.39, 0.29) is 46.2 Å². The standard InChI is InChI=1S/C25H24F2INO5S2/c1-2-35(30,31)15-16-4-3-5-21(10-16)34-24-13-19(26)12-18(11-17-6-7-20(28)14-23(17)27)25(24)29-36(32,33)22-8-9-22/h3-7,10,12-14,22,29H,2,8-9,11,15H2,1H3. The summed E-state index contributed by atoms with van der Waals surface area (Å²) in [6.45, 7) is 1.55. The van der Waals surface area contributed by atoms with Crippen LogP contribution in [0.4, 0.5) is 14.5 Å². The van der Waals surface area contributed by atoms with Gasteiger partial charge in [0.25, 0.3) is 0 Å². The van der Waals surface area contributed by atoms with Gasteiger partial charge in [-0.1, -0.05) is 25.1 Å². The fourth-order valence-corrected chi connectivity index (χ4v) is 6.41. The fourth-order valence-electron chi connectivity index (χ4n) is 3.63. The molecule has 0 unspecified atom stereocenters. The third kappa shape index (κ3) is 6.74. The van der Waals surface area contributed by atoms with Crippen molar-refractivity contribution in [1.29, 1.82) is 0 Å². The molecule has 6 nitrogen and oxygen atoms in total. The molecule has 0 saturated heterocycles. The van der Waals surface area contributed by atoms with Crippen molar-refractivity contribution in [3.63, 3.8) is 0 Å². The predicted molar refractivity (Wildman–Crippen MR) is 144 cm³/mol. The normalized spacial score (nSPS) is 14.0. The molecule has 1 aliphatic carbocycles. The third-order valence-corrected chi connectivity index (χ3v) is 9.87. The molecule has 1 N–H and O–H groups in total. The van der Waals surface area contributed by atoms with Crippen LogP contribution in [-0.2, 0) is 32.0 Å². The van der Waals surface area contributed by atoms with Crippen LogP contribution in [0.25, 0.3) is 0 Å². The van der Waals surface area contributed by atoms with Crippen molar-refractivity contribution >= 4 is 48.1 Å². The molecule has 1 saturated carbocycles. The van der Waals surface area contributed by atoms with Crippen LogP contribution in [0, 0.1) is 15.2 Å². The van der Waals surface area contributed by atoms with Gasteiger partial charge in [0.05, 0.1) is 16.7 Å². The zero-order valence-electron chi connectivity index (χ0n) is 19.3. The first-order valence-electron chi connectivity index (χ1n) is 11.2. The lowest BCUT2D eigenvalue weighted by molar-refractivity contribution is 0.477. The number of halogens is 3. The van der Waals surface area contributed by atoms with E-state index in [1.54, 1.807) is 37.3 Å². The number of ether oxygens (including phenoxy) is 1. The summed E-state index contributed by atoms with van der Waals surface area (Å²) in [6, 6.07) is 13.1. The molecule has 1 aliphatic rings. The van der Waals surface area contributed by atoms with Crippen molar-refractivity contribution in [3.8, 4) is 11.5 Å². The molecule has 0 aromatic heterocycles. The number of rotatable bonds is 10. The van der Waals surface area contributed by atoms with Crippen LogP contribution in [-0.4, -0.2) is 27.8 Å². The minimum Gasteiger partial charge on any atom is -0.455 e. The molecule has 192 valence electrons. The number of hydrogen-bond acceptors (Lipinski definition) is 5. The van der Waals surface area contributed by atoms with Gasteiger partial charge in [0.1, 0.15) is 17.4 Å². The van der Waals surface area contributed by atoms with Gasteiger partial charge in [-0.3, -0.25) is 4.72 Å². The summed E-state index contributed by atoms with van der Waals surface area (Å²) < 4.78 is 88.1. The van der Waals surface area contributed by atoms with Gasteiger partial charge in [-0.15, -0.1) is 0 Å². The SMILES string of the molecule is CCS(=O)(=O)Cc1cccc(Oc2cc(F)cc(Cc3ccc(I)cc3F)c2NS(=O)(=O)C2CC2)c1. The summed E-state index contributed by atoms with van der Waals surface area (Å²) in [4.78, 5) is 0. The lowest BCUT2D eigenvalue weighted by Crippen LogP contribution is -2.19. The highest BCUT2D eigenvalue weighted by Crippen LogP contribution is 2.39. The molecule has 0 bridgehead atoms. The Morgan fingerprint density at radius 2 is 1.75 bits per heavy atom. The van der Waals surface area contributed by atoms with E-state index in [2.05, 4.69) is 4.72 Å². The Morgan fingerprint density at radius 1 is 1.00 bits per heavy atom. The van der Waals surface area contributed by atoms with E-state index in [0.29, 0.717) is 22.0 Å². The predicted octanol–water partition coefficient (Wildman–Crippen LogP) is 5.79. The minimum atomic E-state index is -3.76. The van der Waals surface area contributed by atoms with Gasteiger partial charge in [-0.05, 0) is 82.5 Å². The number of anilines is 1. The highest BCUT2D eigenvalue weighted by molar-refractivity contribution is 14.1. The first-order valence-corrected chi connectivity index (χ1v) is 15.7. The Bertz CT molecular complexity index is 1510. The number of nitrogens with one attached hydrogen (secondary N) is 1. The van der Waals surface area contributed by atoms with E-state index in [4.69, 9.17) is 4.74 Å². The second-order valence-corrected chi connectivity index (χ2v) is 14.2. The van der Waals surface area contributed by atoms with E-state index in [1.165, 1.54) is 12.1 Å². The molecule has 4 rings (SSSR count). The van der Waals surface area contributed by atoms with Gasteiger partial charge >= 0.3 is 0 Å². The summed E-state index contributed by atoms with van der Waals surface area (Å²) in [5.74, 6) is -1.28. The molecule has 11 heteroatoms. The van der Waals surface area contributed by atoms with E-state index >= 15 is 0 Å². The Hall–Kier alpha value is -2.25.